The lowest BCUT2D eigenvalue weighted by Crippen LogP contribution is -2.10. The number of nitrogens with zero attached hydrogens (tertiary/aromatic N) is 2. The number of para-hydroxylation sites is 1. The number of nitrogens with one attached hydrogen (secondary N) is 3. The van der Waals surface area contributed by atoms with Gasteiger partial charge in [0.2, 0.25) is 5.95 Å². The predicted octanol–water partition coefficient (Wildman–Crippen LogP) is 4.13. The number of aromatic nitrogens is 3. The second kappa shape index (κ2) is 7.31. The summed E-state index contributed by atoms with van der Waals surface area (Å²) in [5.41, 5.74) is 3.37. The molecule has 4 aromatic rings. The minimum Gasteiger partial charge on any atom is -0.467 e. The van der Waals surface area contributed by atoms with Crippen LogP contribution in [0, 0.1) is 6.92 Å². The summed E-state index contributed by atoms with van der Waals surface area (Å²) in [5.74, 6) is 2.28. The molecule has 0 atom stereocenters. The first kappa shape index (κ1) is 16.2. The molecule has 0 aliphatic carbocycles. The highest BCUT2D eigenvalue weighted by Crippen LogP contribution is 2.18. The molecule has 3 N–H and O–H groups in total. The lowest BCUT2D eigenvalue weighted by Gasteiger charge is -2.09. The summed E-state index contributed by atoms with van der Waals surface area (Å²) in [6.45, 7) is 3.33. The van der Waals surface area contributed by atoms with Crippen LogP contribution in [0.1, 0.15) is 17.0 Å². The minimum atomic E-state index is 0.595. The smallest absolute Gasteiger partial charge is 0.224 e. The van der Waals surface area contributed by atoms with Gasteiger partial charge in [-0.2, -0.15) is 4.98 Å². The van der Waals surface area contributed by atoms with Gasteiger partial charge in [-0.1, -0.05) is 18.2 Å². The van der Waals surface area contributed by atoms with Gasteiger partial charge in [-0.15, -0.1) is 0 Å². The van der Waals surface area contributed by atoms with Crippen LogP contribution >= 0.6 is 0 Å². The lowest BCUT2D eigenvalue weighted by molar-refractivity contribution is 0.518. The molecule has 1 aromatic carbocycles. The summed E-state index contributed by atoms with van der Waals surface area (Å²) in [5, 5.41) is 7.85. The van der Waals surface area contributed by atoms with Crippen LogP contribution < -0.4 is 10.6 Å². The second-order valence-corrected chi connectivity index (χ2v) is 6.19. The van der Waals surface area contributed by atoms with E-state index in [-0.39, 0.29) is 0 Å². The fraction of sp³-hybridized carbons (Fsp3) is 0.200. The van der Waals surface area contributed by atoms with Crippen LogP contribution in [0.2, 0.25) is 0 Å². The number of benzene rings is 1. The highest BCUT2D eigenvalue weighted by molar-refractivity contribution is 5.83. The Morgan fingerprint density at radius 3 is 2.88 bits per heavy atom. The Hall–Kier alpha value is -3.28. The number of hydrogen-bond acceptors (Lipinski definition) is 5. The maximum atomic E-state index is 5.33. The molecule has 0 saturated heterocycles. The van der Waals surface area contributed by atoms with E-state index in [1.54, 1.807) is 6.26 Å². The van der Waals surface area contributed by atoms with Crippen LogP contribution in [-0.4, -0.2) is 21.5 Å². The van der Waals surface area contributed by atoms with Crippen molar-refractivity contribution in [3.63, 3.8) is 0 Å². The van der Waals surface area contributed by atoms with Crippen molar-refractivity contribution < 1.29 is 4.42 Å². The number of rotatable bonds is 7. The van der Waals surface area contributed by atoms with Gasteiger partial charge in [0.15, 0.2) is 0 Å². The van der Waals surface area contributed by atoms with Gasteiger partial charge in [-0.3, -0.25) is 0 Å². The molecule has 6 nitrogen and oxygen atoms in total. The van der Waals surface area contributed by atoms with Crippen LogP contribution in [0.3, 0.4) is 0 Å². The van der Waals surface area contributed by atoms with Crippen molar-refractivity contribution in [2.45, 2.75) is 19.9 Å². The molecule has 0 aliphatic rings. The number of hydrogen-bond donors (Lipinski definition) is 3. The van der Waals surface area contributed by atoms with Crippen LogP contribution in [0.5, 0.6) is 0 Å². The van der Waals surface area contributed by atoms with Crippen molar-refractivity contribution in [2.24, 2.45) is 0 Å². The van der Waals surface area contributed by atoms with Gasteiger partial charge in [0.1, 0.15) is 11.6 Å². The molecule has 3 heterocycles. The number of fused-ring (bicyclic) bond motifs is 1. The normalized spacial score (nSPS) is 11.0. The number of furan rings is 1. The Kier molecular flexibility index (Phi) is 4.55. The molecular formula is C20H21N5O. The van der Waals surface area contributed by atoms with E-state index in [0.29, 0.717) is 12.5 Å². The minimum absolute atomic E-state index is 0.595. The van der Waals surface area contributed by atoms with E-state index in [4.69, 9.17) is 4.42 Å². The zero-order chi connectivity index (χ0) is 17.8. The van der Waals surface area contributed by atoms with Crippen molar-refractivity contribution >= 4 is 22.7 Å². The summed E-state index contributed by atoms with van der Waals surface area (Å²) < 4.78 is 5.33. The standard InChI is InChI=1S/C20H21N5O/c1-14-11-19(23-13-16-5-4-10-26-16)25-20(24-14)21-9-8-15-12-22-18-7-3-2-6-17(15)18/h2-7,10-12,22H,8-9,13H2,1H3,(H2,21,23,24,25). The van der Waals surface area contributed by atoms with Crippen molar-refractivity contribution in [3.8, 4) is 0 Å². The van der Waals surface area contributed by atoms with Gasteiger partial charge < -0.3 is 20.0 Å². The van der Waals surface area contributed by atoms with Gasteiger partial charge >= 0.3 is 0 Å². The zero-order valence-electron chi connectivity index (χ0n) is 14.6. The summed E-state index contributed by atoms with van der Waals surface area (Å²) in [7, 11) is 0. The molecule has 0 amide bonds. The molecular weight excluding hydrogens is 326 g/mol. The molecule has 0 fully saturated rings. The molecule has 26 heavy (non-hydrogen) atoms. The fourth-order valence-electron chi connectivity index (χ4n) is 2.98. The molecule has 0 aliphatic heterocycles. The number of H-pyrrole nitrogens is 1. The Balaban J connectivity index is 1.38. The van der Waals surface area contributed by atoms with E-state index in [9.17, 15) is 0 Å². The van der Waals surface area contributed by atoms with Crippen molar-refractivity contribution in [1.29, 1.82) is 0 Å². The maximum Gasteiger partial charge on any atom is 0.224 e. The molecule has 0 spiro atoms. The van der Waals surface area contributed by atoms with Crippen molar-refractivity contribution in [2.75, 3.05) is 17.2 Å². The third kappa shape index (κ3) is 3.69. The van der Waals surface area contributed by atoms with Crippen molar-refractivity contribution in [1.82, 2.24) is 15.0 Å². The molecule has 0 unspecified atom stereocenters. The highest BCUT2D eigenvalue weighted by atomic mass is 16.3. The predicted molar refractivity (Wildman–Crippen MR) is 103 cm³/mol. The second-order valence-electron chi connectivity index (χ2n) is 6.19. The zero-order valence-corrected chi connectivity index (χ0v) is 14.6. The van der Waals surface area contributed by atoms with E-state index < -0.39 is 0 Å². The van der Waals surface area contributed by atoms with Gasteiger partial charge in [0.05, 0.1) is 12.8 Å². The fourth-order valence-corrected chi connectivity index (χ4v) is 2.98. The summed E-state index contributed by atoms with van der Waals surface area (Å²) in [6, 6.07) is 14.1. The summed E-state index contributed by atoms with van der Waals surface area (Å²) in [6.07, 6.45) is 4.64. The monoisotopic (exact) mass is 347 g/mol. The Morgan fingerprint density at radius 2 is 2.00 bits per heavy atom. The van der Waals surface area contributed by atoms with E-state index in [2.05, 4.69) is 50.0 Å². The topological polar surface area (TPSA) is 78.8 Å². The van der Waals surface area contributed by atoms with E-state index in [1.807, 2.05) is 31.2 Å². The number of anilines is 2. The lowest BCUT2D eigenvalue weighted by atomic mass is 10.1. The molecule has 0 saturated carbocycles. The number of aryl methyl sites for hydroxylation is 1. The molecule has 0 bridgehead atoms. The van der Waals surface area contributed by atoms with Crippen LogP contribution in [0.4, 0.5) is 11.8 Å². The third-order valence-corrected chi connectivity index (χ3v) is 4.23. The first-order valence-corrected chi connectivity index (χ1v) is 8.69. The first-order chi connectivity index (χ1) is 12.8. The Morgan fingerprint density at radius 1 is 1.08 bits per heavy atom. The molecule has 4 rings (SSSR count). The van der Waals surface area contributed by atoms with E-state index in [1.165, 1.54) is 16.5 Å². The van der Waals surface area contributed by atoms with Gasteiger partial charge in [-0.05, 0) is 37.1 Å². The van der Waals surface area contributed by atoms with E-state index in [0.717, 1.165) is 30.2 Å². The molecule has 6 heteroatoms. The quantitative estimate of drug-likeness (QED) is 0.468. The van der Waals surface area contributed by atoms with Gasteiger partial charge in [0, 0.05) is 35.4 Å². The Bertz CT molecular complexity index is 991. The average Bonchev–Trinajstić information content (AvgIpc) is 3.30. The van der Waals surface area contributed by atoms with Crippen LogP contribution in [0.15, 0.2) is 59.3 Å². The average molecular weight is 347 g/mol. The molecule has 132 valence electrons. The van der Waals surface area contributed by atoms with Gasteiger partial charge in [-0.25, -0.2) is 4.98 Å². The Labute approximate surface area is 151 Å². The maximum absolute atomic E-state index is 5.33. The molecule has 3 aromatic heterocycles. The summed E-state index contributed by atoms with van der Waals surface area (Å²) >= 11 is 0. The van der Waals surface area contributed by atoms with Crippen molar-refractivity contribution in [3.05, 3.63) is 71.9 Å². The third-order valence-electron chi connectivity index (χ3n) is 4.23. The van der Waals surface area contributed by atoms with Crippen LogP contribution in [-0.2, 0) is 13.0 Å². The largest absolute Gasteiger partial charge is 0.467 e. The number of aromatic amines is 1. The van der Waals surface area contributed by atoms with Gasteiger partial charge in [0.25, 0.3) is 0 Å². The SMILES string of the molecule is Cc1cc(NCc2ccco2)nc(NCCc2c[nH]c3ccccc23)n1. The highest BCUT2D eigenvalue weighted by Gasteiger charge is 2.05. The molecule has 0 radical (unpaired) electrons. The van der Waals surface area contributed by atoms with E-state index >= 15 is 0 Å². The summed E-state index contributed by atoms with van der Waals surface area (Å²) in [4.78, 5) is 12.3. The first-order valence-electron chi connectivity index (χ1n) is 8.69. The van der Waals surface area contributed by atoms with Crippen LogP contribution in [0.25, 0.3) is 10.9 Å².